The molecule has 0 spiro atoms. The summed E-state index contributed by atoms with van der Waals surface area (Å²) in [5.74, 6) is 0.354. The van der Waals surface area contributed by atoms with Crippen molar-refractivity contribution in [3.8, 4) is 0 Å². The van der Waals surface area contributed by atoms with Gasteiger partial charge < -0.3 is 9.88 Å². The average molecular weight is 271 g/mol. The van der Waals surface area contributed by atoms with E-state index < -0.39 is 9.84 Å². The smallest absolute Gasteiger partial charge is 0.154 e. The number of nitrogens with zero attached hydrogens (tertiary/aromatic N) is 2. The highest BCUT2D eigenvalue weighted by Crippen LogP contribution is 2.19. The highest BCUT2D eigenvalue weighted by atomic mass is 32.2. The van der Waals surface area contributed by atoms with Gasteiger partial charge >= 0.3 is 0 Å². The molecule has 1 atom stereocenters. The van der Waals surface area contributed by atoms with Crippen LogP contribution in [0.3, 0.4) is 0 Å². The van der Waals surface area contributed by atoms with Crippen LogP contribution < -0.4 is 5.32 Å². The number of aryl methyl sites for hydroxylation is 1. The third kappa shape index (κ3) is 3.11. The Morgan fingerprint density at radius 3 is 3.06 bits per heavy atom. The van der Waals surface area contributed by atoms with Crippen LogP contribution in [-0.4, -0.2) is 35.5 Å². The molecule has 1 aliphatic heterocycles. The van der Waals surface area contributed by atoms with Crippen molar-refractivity contribution in [1.29, 1.82) is 0 Å². The van der Waals surface area contributed by atoms with Crippen molar-refractivity contribution in [2.75, 3.05) is 12.3 Å². The fourth-order valence-corrected chi connectivity index (χ4v) is 4.19. The van der Waals surface area contributed by atoms with Crippen molar-refractivity contribution < 1.29 is 8.42 Å². The van der Waals surface area contributed by atoms with Gasteiger partial charge in [-0.05, 0) is 19.3 Å². The van der Waals surface area contributed by atoms with Crippen LogP contribution >= 0.6 is 0 Å². The number of hydrogen-bond acceptors (Lipinski definition) is 4. The Hall–Kier alpha value is -0.880. The Morgan fingerprint density at radius 2 is 2.39 bits per heavy atom. The first-order chi connectivity index (χ1) is 8.63. The lowest BCUT2D eigenvalue weighted by Crippen LogP contribution is -2.30. The number of rotatable bonds is 6. The maximum Gasteiger partial charge on any atom is 0.154 e. The molecule has 0 bridgehead atoms. The van der Waals surface area contributed by atoms with E-state index in [-0.39, 0.29) is 5.25 Å². The molecule has 1 aliphatic rings. The van der Waals surface area contributed by atoms with Crippen LogP contribution in [0.1, 0.15) is 31.9 Å². The zero-order chi connectivity index (χ0) is 13.0. The van der Waals surface area contributed by atoms with Crippen LogP contribution in [0.15, 0.2) is 12.5 Å². The molecule has 18 heavy (non-hydrogen) atoms. The lowest BCUT2D eigenvalue weighted by molar-refractivity contribution is 0.562. The van der Waals surface area contributed by atoms with Gasteiger partial charge in [-0.2, -0.15) is 0 Å². The Labute approximate surface area is 109 Å². The Bertz CT molecular complexity index is 481. The SMILES string of the molecule is CCCn1cncc1CNCC1CCCS1(=O)=O. The van der Waals surface area contributed by atoms with Gasteiger partial charge in [-0.3, -0.25) is 0 Å². The quantitative estimate of drug-likeness (QED) is 0.837. The third-order valence-corrected chi connectivity index (χ3v) is 5.68. The second kappa shape index (κ2) is 5.84. The van der Waals surface area contributed by atoms with Gasteiger partial charge in [-0.1, -0.05) is 6.92 Å². The van der Waals surface area contributed by atoms with Gasteiger partial charge in [0.25, 0.3) is 0 Å². The van der Waals surface area contributed by atoms with E-state index in [1.807, 2.05) is 12.5 Å². The number of imidazole rings is 1. The summed E-state index contributed by atoms with van der Waals surface area (Å²) in [7, 11) is -2.83. The number of sulfone groups is 1. The molecule has 1 aromatic rings. The molecule has 0 amide bonds. The fraction of sp³-hybridized carbons (Fsp3) is 0.750. The van der Waals surface area contributed by atoms with Crippen molar-refractivity contribution in [3.63, 3.8) is 0 Å². The summed E-state index contributed by atoms with van der Waals surface area (Å²) in [6.45, 7) is 4.33. The minimum absolute atomic E-state index is 0.194. The van der Waals surface area contributed by atoms with Gasteiger partial charge in [0.2, 0.25) is 0 Å². The molecule has 102 valence electrons. The first kappa shape index (κ1) is 13.5. The predicted octanol–water partition coefficient (Wildman–Crippen LogP) is 0.960. The third-order valence-electron chi connectivity index (χ3n) is 3.40. The molecule has 0 aliphatic carbocycles. The van der Waals surface area contributed by atoms with E-state index in [9.17, 15) is 8.42 Å². The summed E-state index contributed by atoms with van der Waals surface area (Å²) in [6, 6.07) is 0. The second-order valence-corrected chi connectivity index (χ2v) is 7.24. The minimum atomic E-state index is -2.83. The topological polar surface area (TPSA) is 64.0 Å². The van der Waals surface area contributed by atoms with Gasteiger partial charge in [0.15, 0.2) is 9.84 Å². The summed E-state index contributed by atoms with van der Waals surface area (Å²) in [6.07, 6.45) is 6.34. The summed E-state index contributed by atoms with van der Waals surface area (Å²) in [5, 5.41) is 3.05. The van der Waals surface area contributed by atoms with Gasteiger partial charge in [-0.15, -0.1) is 0 Å². The average Bonchev–Trinajstić information content (AvgIpc) is 2.88. The van der Waals surface area contributed by atoms with Crippen molar-refractivity contribution >= 4 is 9.84 Å². The molecule has 0 radical (unpaired) electrons. The Balaban J connectivity index is 1.83. The van der Waals surface area contributed by atoms with Crippen LogP contribution in [0.5, 0.6) is 0 Å². The molecule has 1 unspecified atom stereocenters. The highest BCUT2D eigenvalue weighted by Gasteiger charge is 2.30. The lowest BCUT2D eigenvalue weighted by atomic mass is 10.2. The molecule has 2 heterocycles. The monoisotopic (exact) mass is 271 g/mol. The van der Waals surface area contributed by atoms with Gasteiger partial charge in [0, 0.05) is 25.8 Å². The van der Waals surface area contributed by atoms with E-state index in [2.05, 4.69) is 21.8 Å². The van der Waals surface area contributed by atoms with E-state index in [1.165, 1.54) is 0 Å². The van der Waals surface area contributed by atoms with Crippen LogP contribution in [0.4, 0.5) is 0 Å². The highest BCUT2D eigenvalue weighted by molar-refractivity contribution is 7.92. The number of hydrogen-bond donors (Lipinski definition) is 1. The first-order valence-electron chi connectivity index (χ1n) is 6.55. The van der Waals surface area contributed by atoms with E-state index in [1.54, 1.807) is 0 Å². The van der Waals surface area contributed by atoms with Crippen molar-refractivity contribution in [2.24, 2.45) is 0 Å². The van der Waals surface area contributed by atoms with Crippen molar-refractivity contribution in [1.82, 2.24) is 14.9 Å². The van der Waals surface area contributed by atoms with E-state index in [4.69, 9.17) is 0 Å². The van der Waals surface area contributed by atoms with Crippen LogP contribution in [0.2, 0.25) is 0 Å². The fourth-order valence-electron chi connectivity index (χ4n) is 2.39. The zero-order valence-electron chi connectivity index (χ0n) is 10.8. The van der Waals surface area contributed by atoms with Crippen molar-refractivity contribution in [2.45, 2.75) is 44.5 Å². The molecular formula is C12H21N3O2S. The summed E-state index contributed by atoms with van der Waals surface area (Å²) in [5.41, 5.74) is 1.12. The normalized spacial score (nSPS) is 22.4. The molecule has 1 aromatic heterocycles. The molecule has 0 aromatic carbocycles. The molecule has 6 heteroatoms. The number of nitrogens with one attached hydrogen (secondary N) is 1. The molecule has 1 saturated heterocycles. The van der Waals surface area contributed by atoms with Crippen LogP contribution in [0.25, 0.3) is 0 Å². The summed E-state index contributed by atoms with van der Waals surface area (Å²) < 4.78 is 25.4. The largest absolute Gasteiger partial charge is 0.333 e. The maximum absolute atomic E-state index is 11.7. The van der Waals surface area contributed by atoms with E-state index >= 15 is 0 Å². The Morgan fingerprint density at radius 1 is 1.56 bits per heavy atom. The van der Waals surface area contributed by atoms with Crippen LogP contribution in [-0.2, 0) is 22.9 Å². The number of aromatic nitrogens is 2. The molecule has 5 nitrogen and oxygen atoms in total. The van der Waals surface area contributed by atoms with E-state index in [0.717, 1.165) is 31.5 Å². The Kier molecular flexibility index (Phi) is 4.40. The summed E-state index contributed by atoms with van der Waals surface area (Å²) in [4.78, 5) is 4.12. The zero-order valence-corrected chi connectivity index (χ0v) is 11.6. The molecule has 0 saturated carbocycles. The summed E-state index contributed by atoms with van der Waals surface area (Å²) >= 11 is 0. The predicted molar refractivity (Wildman–Crippen MR) is 71.0 cm³/mol. The molecule has 1 fully saturated rings. The first-order valence-corrected chi connectivity index (χ1v) is 8.26. The molecule has 1 N–H and O–H groups in total. The van der Waals surface area contributed by atoms with Gasteiger partial charge in [-0.25, -0.2) is 13.4 Å². The molecule has 2 rings (SSSR count). The molecular weight excluding hydrogens is 250 g/mol. The standard InChI is InChI=1S/C12H21N3O2S/c1-2-5-15-10-14-8-11(15)7-13-9-12-4-3-6-18(12,16)17/h8,10,12-13H,2-7,9H2,1H3. The van der Waals surface area contributed by atoms with Crippen LogP contribution in [0, 0.1) is 0 Å². The van der Waals surface area contributed by atoms with Crippen molar-refractivity contribution in [3.05, 3.63) is 18.2 Å². The van der Waals surface area contributed by atoms with Gasteiger partial charge in [0.1, 0.15) is 0 Å². The van der Waals surface area contributed by atoms with Gasteiger partial charge in [0.05, 0.1) is 23.0 Å². The second-order valence-electron chi connectivity index (χ2n) is 4.84. The minimum Gasteiger partial charge on any atom is -0.333 e. The lowest BCUT2D eigenvalue weighted by Gasteiger charge is -2.11. The van der Waals surface area contributed by atoms with E-state index in [0.29, 0.717) is 18.8 Å². The maximum atomic E-state index is 11.7.